The first kappa shape index (κ1) is 28.1. The Balaban J connectivity index is 1.97. The van der Waals surface area contributed by atoms with Gasteiger partial charge in [0.05, 0.1) is 32.4 Å². The van der Waals surface area contributed by atoms with Gasteiger partial charge in [0, 0.05) is 57.1 Å². The normalized spacial score (nSPS) is 20.4. The fraction of sp³-hybridized carbons (Fsp3) is 0.577. The summed E-state index contributed by atoms with van der Waals surface area (Å²) in [7, 11) is 4.69. The minimum absolute atomic E-state index is 0.0331. The Bertz CT molecular complexity index is 1030. The second-order valence-electron chi connectivity index (χ2n) is 9.11. The Hall–Kier alpha value is -3.47. The summed E-state index contributed by atoms with van der Waals surface area (Å²) in [4.78, 5) is 44.4. The Kier molecular flexibility index (Phi) is 9.62. The van der Waals surface area contributed by atoms with Crippen molar-refractivity contribution in [2.75, 3.05) is 60.6 Å². The summed E-state index contributed by atoms with van der Waals surface area (Å²) in [6.07, 6.45) is 0.874. The zero-order valence-corrected chi connectivity index (χ0v) is 22.6. The third kappa shape index (κ3) is 6.10. The predicted molar refractivity (Wildman–Crippen MR) is 139 cm³/mol. The van der Waals surface area contributed by atoms with Crippen LogP contribution in [0, 0.1) is 0 Å². The maximum absolute atomic E-state index is 13.3. The van der Waals surface area contributed by atoms with Gasteiger partial charge in [-0.25, -0.2) is 14.4 Å². The van der Waals surface area contributed by atoms with Gasteiger partial charge in [0.15, 0.2) is 11.5 Å². The summed E-state index contributed by atoms with van der Waals surface area (Å²) in [6, 6.07) is 4.10. The first-order valence-corrected chi connectivity index (χ1v) is 12.7. The fourth-order valence-electron chi connectivity index (χ4n) is 4.79. The van der Waals surface area contributed by atoms with Crippen LogP contribution in [0.1, 0.15) is 38.8 Å². The van der Waals surface area contributed by atoms with Gasteiger partial charge < -0.3 is 29.7 Å². The van der Waals surface area contributed by atoms with Gasteiger partial charge in [0.2, 0.25) is 0 Å². The van der Waals surface area contributed by atoms with Gasteiger partial charge in [0.1, 0.15) is 0 Å². The van der Waals surface area contributed by atoms with Gasteiger partial charge in [-0.05, 0) is 26.3 Å². The molecule has 2 aliphatic rings. The minimum atomic E-state index is -0.790. The standard InChI is InChI=1S/C26H39N5O6/c1-7-12-27-25(33)31-14-13-30(15-17(31)3)16-19-21(24(32)37-8-2)22(28-26(34)29(19)4)18-10-9-11-20(35-5)23(18)36-6/h9-11,17,22H,7-8,12-16H2,1-6H3,(H,27,33)(H,28,34)/t17-,22+/m0/s1. The third-order valence-electron chi connectivity index (χ3n) is 6.69. The molecule has 2 aliphatic heterocycles. The van der Waals surface area contributed by atoms with Crippen LogP contribution in [0.25, 0.3) is 0 Å². The highest BCUT2D eigenvalue weighted by molar-refractivity contribution is 5.95. The SMILES string of the molecule is CCCNC(=O)N1CCN(CC2=C(C(=O)OCC)[C@@H](c3cccc(OC)c3OC)NC(=O)N2C)C[C@@H]1C. The molecule has 0 radical (unpaired) electrons. The number of methoxy groups -OCH3 is 2. The lowest BCUT2D eigenvalue weighted by atomic mass is 9.93. The van der Waals surface area contributed by atoms with Crippen molar-refractivity contribution in [3.63, 3.8) is 0 Å². The van der Waals surface area contributed by atoms with Crippen LogP contribution in [0.4, 0.5) is 9.59 Å². The lowest BCUT2D eigenvalue weighted by Crippen LogP contribution is -2.58. The van der Waals surface area contributed by atoms with Gasteiger partial charge in [-0.15, -0.1) is 0 Å². The number of rotatable bonds is 9. The van der Waals surface area contributed by atoms with Crippen molar-refractivity contribution in [3.05, 3.63) is 35.0 Å². The largest absolute Gasteiger partial charge is 0.493 e. The van der Waals surface area contributed by atoms with Crippen LogP contribution in [0.3, 0.4) is 0 Å². The van der Waals surface area contributed by atoms with Crippen molar-refractivity contribution in [3.8, 4) is 11.5 Å². The number of carbonyl (C=O) groups excluding carboxylic acids is 3. The van der Waals surface area contributed by atoms with Gasteiger partial charge in [-0.2, -0.15) is 0 Å². The van der Waals surface area contributed by atoms with E-state index in [-0.39, 0.29) is 24.7 Å². The molecule has 4 amide bonds. The molecule has 1 aromatic carbocycles. The number of piperazine rings is 1. The molecule has 11 nitrogen and oxygen atoms in total. The number of likely N-dealkylation sites (N-methyl/N-ethyl adjacent to an activating group) is 1. The molecule has 3 rings (SSSR count). The lowest BCUT2D eigenvalue weighted by Gasteiger charge is -2.42. The maximum atomic E-state index is 13.3. The van der Waals surface area contributed by atoms with E-state index in [4.69, 9.17) is 14.2 Å². The van der Waals surface area contributed by atoms with Crippen LogP contribution >= 0.6 is 0 Å². The molecular weight excluding hydrogens is 478 g/mol. The van der Waals surface area contributed by atoms with Crippen molar-refractivity contribution < 1.29 is 28.6 Å². The predicted octanol–water partition coefficient (Wildman–Crippen LogP) is 2.34. The number of hydrogen-bond acceptors (Lipinski definition) is 7. The molecule has 0 saturated carbocycles. The first-order valence-electron chi connectivity index (χ1n) is 12.7. The van der Waals surface area contributed by atoms with Crippen LogP contribution < -0.4 is 20.1 Å². The summed E-state index contributed by atoms with van der Waals surface area (Å²) in [6.45, 7) is 8.68. The van der Waals surface area contributed by atoms with E-state index in [2.05, 4.69) is 15.5 Å². The van der Waals surface area contributed by atoms with Crippen LogP contribution in [0.5, 0.6) is 11.5 Å². The van der Waals surface area contributed by atoms with Gasteiger partial charge in [0.25, 0.3) is 0 Å². The highest BCUT2D eigenvalue weighted by atomic mass is 16.5. The summed E-state index contributed by atoms with van der Waals surface area (Å²) in [5, 5.41) is 5.86. The average Bonchev–Trinajstić information content (AvgIpc) is 2.89. The molecule has 2 heterocycles. The number of ether oxygens (including phenoxy) is 3. The number of nitrogens with zero attached hydrogens (tertiary/aromatic N) is 3. The summed E-state index contributed by atoms with van der Waals surface area (Å²) in [5.74, 6) is 0.412. The first-order chi connectivity index (χ1) is 17.8. The summed E-state index contributed by atoms with van der Waals surface area (Å²) >= 11 is 0. The summed E-state index contributed by atoms with van der Waals surface area (Å²) < 4.78 is 16.5. The van der Waals surface area contributed by atoms with Crippen LogP contribution in [0.2, 0.25) is 0 Å². The number of esters is 1. The maximum Gasteiger partial charge on any atom is 0.338 e. The molecule has 204 valence electrons. The molecule has 0 spiro atoms. The molecule has 0 unspecified atom stereocenters. The van der Waals surface area contributed by atoms with E-state index in [1.807, 2.05) is 18.7 Å². The molecule has 0 bridgehead atoms. The van der Waals surface area contributed by atoms with E-state index in [0.717, 1.165) is 6.42 Å². The topological polar surface area (TPSA) is 113 Å². The van der Waals surface area contributed by atoms with Gasteiger partial charge in [-0.1, -0.05) is 19.1 Å². The number of para-hydroxylation sites is 1. The zero-order valence-electron chi connectivity index (χ0n) is 22.6. The second-order valence-corrected chi connectivity index (χ2v) is 9.11. The van der Waals surface area contributed by atoms with Gasteiger partial charge >= 0.3 is 18.0 Å². The Morgan fingerprint density at radius 1 is 1.16 bits per heavy atom. The molecule has 37 heavy (non-hydrogen) atoms. The monoisotopic (exact) mass is 517 g/mol. The van der Waals surface area contributed by atoms with E-state index < -0.39 is 12.0 Å². The molecule has 0 aromatic heterocycles. The Labute approximate surface area is 218 Å². The molecule has 0 aliphatic carbocycles. The van der Waals surface area contributed by atoms with Crippen molar-refractivity contribution in [1.82, 2.24) is 25.3 Å². The van der Waals surface area contributed by atoms with E-state index in [1.54, 1.807) is 32.2 Å². The van der Waals surface area contributed by atoms with Crippen molar-refractivity contribution in [2.24, 2.45) is 0 Å². The van der Waals surface area contributed by atoms with Crippen LogP contribution in [-0.4, -0.2) is 99.4 Å². The lowest BCUT2D eigenvalue weighted by molar-refractivity contribution is -0.139. The van der Waals surface area contributed by atoms with Crippen LogP contribution in [-0.2, 0) is 9.53 Å². The summed E-state index contributed by atoms with van der Waals surface area (Å²) in [5.41, 5.74) is 1.48. The van der Waals surface area contributed by atoms with Crippen LogP contribution in [0.15, 0.2) is 29.5 Å². The average molecular weight is 518 g/mol. The quantitative estimate of drug-likeness (QED) is 0.484. The fourth-order valence-corrected chi connectivity index (χ4v) is 4.79. The zero-order chi connectivity index (χ0) is 27.1. The van der Waals surface area contributed by atoms with E-state index in [0.29, 0.717) is 61.1 Å². The van der Waals surface area contributed by atoms with Gasteiger partial charge in [-0.3, -0.25) is 9.80 Å². The molecule has 11 heteroatoms. The van der Waals surface area contributed by atoms with E-state index in [1.165, 1.54) is 19.1 Å². The van der Waals surface area contributed by atoms with Crippen molar-refractivity contribution in [1.29, 1.82) is 0 Å². The minimum Gasteiger partial charge on any atom is -0.493 e. The molecule has 2 atom stereocenters. The number of amides is 4. The molecule has 1 aromatic rings. The molecule has 1 saturated heterocycles. The molecule has 1 fully saturated rings. The number of urea groups is 2. The number of nitrogens with one attached hydrogen (secondary N) is 2. The number of benzene rings is 1. The Morgan fingerprint density at radius 3 is 2.54 bits per heavy atom. The third-order valence-corrected chi connectivity index (χ3v) is 6.69. The number of carbonyl (C=O) groups is 3. The molecule has 2 N–H and O–H groups in total. The highest BCUT2D eigenvalue weighted by Crippen LogP contribution is 2.40. The highest BCUT2D eigenvalue weighted by Gasteiger charge is 2.40. The second kappa shape index (κ2) is 12.7. The van der Waals surface area contributed by atoms with Crippen molar-refractivity contribution >= 4 is 18.0 Å². The van der Waals surface area contributed by atoms with E-state index >= 15 is 0 Å². The molecular formula is C26H39N5O6. The Morgan fingerprint density at radius 2 is 1.92 bits per heavy atom. The smallest absolute Gasteiger partial charge is 0.338 e. The van der Waals surface area contributed by atoms with Crippen molar-refractivity contribution in [2.45, 2.75) is 39.3 Å². The van der Waals surface area contributed by atoms with E-state index in [9.17, 15) is 14.4 Å². The number of hydrogen-bond donors (Lipinski definition) is 2.